The molecule has 0 fully saturated rings. The Labute approximate surface area is 172 Å². The first-order valence-corrected chi connectivity index (χ1v) is 9.36. The van der Waals surface area contributed by atoms with Gasteiger partial charge in [0.15, 0.2) is 5.96 Å². The second-order valence-corrected chi connectivity index (χ2v) is 7.17. The van der Waals surface area contributed by atoms with Crippen molar-refractivity contribution in [2.75, 3.05) is 27.2 Å². The van der Waals surface area contributed by atoms with E-state index in [0.29, 0.717) is 19.0 Å². The van der Waals surface area contributed by atoms with Crippen LogP contribution in [0.1, 0.15) is 5.56 Å². The van der Waals surface area contributed by atoms with Crippen LogP contribution in [0.5, 0.6) is 0 Å². The van der Waals surface area contributed by atoms with E-state index in [1.165, 1.54) is 24.0 Å². The van der Waals surface area contributed by atoms with Crippen molar-refractivity contribution in [3.05, 3.63) is 60.4 Å². The molecule has 26 heavy (non-hydrogen) atoms. The van der Waals surface area contributed by atoms with Crippen molar-refractivity contribution in [1.29, 1.82) is 0 Å². The number of benzene rings is 1. The highest BCUT2D eigenvalue weighted by atomic mass is 127. The molecule has 2 rings (SSSR count). The number of sulfonamides is 1. The number of pyridine rings is 1. The van der Waals surface area contributed by atoms with Gasteiger partial charge in [0.2, 0.25) is 10.0 Å². The van der Waals surface area contributed by atoms with Crippen LogP contribution in [0, 0.1) is 0 Å². The summed E-state index contributed by atoms with van der Waals surface area (Å²) in [4.78, 5) is 10.2. The highest BCUT2D eigenvalue weighted by molar-refractivity contribution is 14.0. The molecule has 2 aromatic rings. The van der Waals surface area contributed by atoms with Crippen molar-refractivity contribution in [1.82, 2.24) is 19.9 Å². The number of hydrogen-bond acceptors (Lipinski definition) is 4. The van der Waals surface area contributed by atoms with Crippen molar-refractivity contribution in [3.8, 4) is 0 Å². The normalized spacial score (nSPS) is 11.5. The fraction of sp³-hybridized carbons (Fsp3) is 0.294. The number of aliphatic imine (C=N–C) groups is 1. The molecule has 1 aromatic carbocycles. The van der Waals surface area contributed by atoms with Gasteiger partial charge in [-0.25, -0.2) is 13.1 Å². The minimum absolute atomic E-state index is 0. The third-order valence-electron chi connectivity index (χ3n) is 3.48. The molecule has 0 bridgehead atoms. The summed E-state index contributed by atoms with van der Waals surface area (Å²) in [5.74, 6) is 0.699. The van der Waals surface area contributed by atoms with Gasteiger partial charge in [0.05, 0.1) is 0 Å². The van der Waals surface area contributed by atoms with Crippen LogP contribution in [0.4, 0.5) is 0 Å². The smallest absolute Gasteiger partial charge is 0.242 e. The molecular formula is C17H24IN5O2S. The number of rotatable bonds is 7. The molecule has 0 radical (unpaired) electrons. The minimum Gasteiger partial charge on any atom is -0.355 e. The fourth-order valence-corrected chi connectivity index (χ4v) is 3.26. The van der Waals surface area contributed by atoms with Gasteiger partial charge in [-0.05, 0) is 17.7 Å². The van der Waals surface area contributed by atoms with Crippen molar-refractivity contribution >= 4 is 40.0 Å². The third-order valence-corrected chi connectivity index (χ3v) is 4.93. The van der Waals surface area contributed by atoms with E-state index >= 15 is 0 Å². The number of guanidine groups is 1. The predicted octanol–water partition coefficient (Wildman–Crippen LogP) is 1.69. The van der Waals surface area contributed by atoms with E-state index in [1.54, 1.807) is 13.1 Å². The largest absolute Gasteiger partial charge is 0.355 e. The molecule has 142 valence electrons. The molecule has 0 aliphatic rings. The van der Waals surface area contributed by atoms with E-state index in [-0.39, 0.29) is 35.4 Å². The van der Waals surface area contributed by atoms with Gasteiger partial charge in [0.1, 0.15) is 4.90 Å². The zero-order chi connectivity index (χ0) is 18.1. The van der Waals surface area contributed by atoms with Crippen LogP contribution in [0.25, 0.3) is 0 Å². The standard InChI is InChI=1S/C17H23N5O2S.HI/c1-18-17(22(2)14-15-7-4-3-5-8-15)20-11-12-21-25(23,24)16-9-6-10-19-13-16;/h3-10,13,21H,11-12,14H2,1-2H3,(H,18,20);1H. The zero-order valence-corrected chi connectivity index (χ0v) is 17.9. The topological polar surface area (TPSA) is 86.7 Å². The molecule has 0 aliphatic carbocycles. The first kappa shape index (κ1) is 22.3. The molecule has 0 aliphatic heterocycles. The van der Waals surface area contributed by atoms with Crippen molar-refractivity contribution in [3.63, 3.8) is 0 Å². The number of halogens is 1. The molecule has 0 saturated carbocycles. The van der Waals surface area contributed by atoms with Gasteiger partial charge in [-0.1, -0.05) is 30.3 Å². The molecule has 0 unspecified atom stereocenters. The maximum Gasteiger partial charge on any atom is 0.242 e. The third kappa shape index (κ3) is 6.89. The summed E-state index contributed by atoms with van der Waals surface area (Å²) < 4.78 is 26.7. The monoisotopic (exact) mass is 489 g/mol. The Bertz CT molecular complexity index is 785. The van der Waals surface area contributed by atoms with Crippen LogP contribution < -0.4 is 10.0 Å². The summed E-state index contributed by atoms with van der Waals surface area (Å²) in [6, 6.07) is 13.2. The van der Waals surface area contributed by atoms with E-state index in [4.69, 9.17) is 0 Å². The minimum atomic E-state index is -3.54. The first-order valence-electron chi connectivity index (χ1n) is 7.88. The number of nitrogens with one attached hydrogen (secondary N) is 2. The van der Waals surface area contributed by atoms with E-state index in [1.807, 2.05) is 42.3 Å². The maximum atomic E-state index is 12.1. The summed E-state index contributed by atoms with van der Waals surface area (Å²) in [7, 11) is 0.0910. The van der Waals surface area contributed by atoms with Gasteiger partial charge in [-0.3, -0.25) is 9.98 Å². The molecule has 9 heteroatoms. The van der Waals surface area contributed by atoms with Crippen LogP contribution >= 0.6 is 24.0 Å². The molecular weight excluding hydrogens is 465 g/mol. The number of hydrogen-bond donors (Lipinski definition) is 2. The molecule has 0 atom stereocenters. The lowest BCUT2D eigenvalue weighted by Gasteiger charge is -2.22. The second-order valence-electron chi connectivity index (χ2n) is 5.40. The highest BCUT2D eigenvalue weighted by Gasteiger charge is 2.13. The lowest BCUT2D eigenvalue weighted by molar-refractivity contribution is 0.477. The average molecular weight is 489 g/mol. The van der Waals surface area contributed by atoms with E-state index in [2.05, 4.69) is 20.0 Å². The van der Waals surface area contributed by atoms with Gasteiger partial charge in [0.25, 0.3) is 0 Å². The molecule has 0 spiro atoms. The summed E-state index contributed by atoms with van der Waals surface area (Å²) in [6.07, 6.45) is 2.86. The Morgan fingerprint density at radius 1 is 1.15 bits per heavy atom. The summed E-state index contributed by atoms with van der Waals surface area (Å²) in [5.41, 5.74) is 1.17. The van der Waals surface area contributed by atoms with Gasteiger partial charge >= 0.3 is 0 Å². The average Bonchev–Trinajstić information content (AvgIpc) is 2.63. The lowest BCUT2D eigenvalue weighted by Crippen LogP contribution is -2.42. The van der Waals surface area contributed by atoms with Crippen LogP contribution in [-0.2, 0) is 16.6 Å². The number of aromatic nitrogens is 1. The fourth-order valence-electron chi connectivity index (χ4n) is 2.27. The summed E-state index contributed by atoms with van der Waals surface area (Å²) in [6.45, 7) is 1.38. The van der Waals surface area contributed by atoms with Crippen LogP contribution in [-0.4, -0.2) is 51.4 Å². The molecule has 0 amide bonds. The molecule has 7 nitrogen and oxygen atoms in total. The van der Waals surface area contributed by atoms with E-state index in [9.17, 15) is 8.42 Å². The Hall–Kier alpha value is -1.72. The molecule has 0 saturated heterocycles. The quantitative estimate of drug-likeness (QED) is 0.268. The molecule has 1 heterocycles. The zero-order valence-electron chi connectivity index (χ0n) is 14.8. The van der Waals surface area contributed by atoms with Gasteiger partial charge < -0.3 is 10.2 Å². The SMILES string of the molecule is CN=C(NCCNS(=O)(=O)c1cccnc1)N(C)Cc1ccccc1.I. The van der Waals surface area contributed by atoms with Gasteiger partial charge in [-0.15, -0.1) is 24.0 Å². The Morgan fingerprint density at radius 2 is 1.88 bits per heavy atom. The Balaban J connectivity index is 0.00000338. The maximum absolute atomic E-state index is 12.1. The molecule has 1 aromatic heterocycles. The van der Waals surface area contributed by atoms with Gasteiger partial charge in [0, 0.05) is 46.1 Å². The summed E-state index contributed by atoms with van der Waals surface area (Å²) >= 11 is 0. The van der Waals surface area contributed by atoms with Crippen molar-refractivity contribution < 1.29 is 8.42 Å². The van der Waals surface area contributed by atoms with E-state index in [0.717, 1.165) is 0 Å². The van der Waals surface area contributed by atoms with Crippen LogP contribution in [0.3, 0.4) is 0 Å². The lowest BCUT2D eigenvalue weighted by atomic mass is 10.2. The molecule has 2 N–H and O–H groups in total. The van der Waals surface area contributed by atoms with Gasteiger partial charge in [-0.2, -0.15) is 0 Å². The summed E-state index contributed by atoms with van der Waals surface area (Å²) in [5, 5.41) is 3.15. The Morgan fingerprint density at radius 3 is 2.50 bits per heavy atom. The Kier molecular flexibility index (Phi) is 9.52. The van der Waals surface area contributed by atoms with Crippen LogP contribution in [0.15, 0.2) is 64.7 Å². The van der Waals surface area contributed by atoms with Crippen LogP contribution in [0.2, 0.25) is 0 Å². The van der Waals surface area contributed by atoms with Crippen molar-refractivity contribution in [2.24, 2.45) is 4.99 Å². The second kappa shape index (κ2) is 11.1. The number of nitrogens with zero attached hydrogens (tertiary/aromatic N) is 3. The van der Waals surface area contributed by atoms with Crippen molar-refractivity contribution in [2.45, 2.75) is 11.4 Å². The highest BCUT2D eigenvalue weighted by Crippen LogP contribution is 2.05. The van der Waals surface area contributed by atoms with E-state index < -0.39 is 10.0 Å². The first-order chi connectivity index (χ1) is 12.0. The predicted molar refractivity (Wildman–Crippen MR) is 114 cm³/mol.